The summed E-state index contributed by atoms with van der Waals surface area (Å²) in [7, 11) is 2.77. The molecule has 0 unspecified atom stereocenters. The summed E-state index contributed by atoms with van der Waals surface area (Å²) in [4.78, 5) is 23.4. The molecule has 0 radical (unpaired) electrons. The van der Waals surface area contributed by atoms with E-state index in [1.54, 1.807) is 42.5 Å². The van der Waals surface area contributed by atoms with E-state index in [0.29, 0.717) is 21.3 Å². The number of rotatable bonds is 5. The molecule has 0 bridgehead atoms. The van der Waals surface area contributed by atoms with Gasteiger partial charge in [-0.1, -0.05) is 18.2 Å². The van der Waals surface area contributed by atoms with Crippen LogP contribution in [-0.4, -0.2) is 26.2 Å². The summed E-state index contributed by atoms with van der Waals surface area (Å²) in [6, 6.07) is 11.9. The van der Waals surface area contributed by atoms with Crippen LogP contribution >= 0.6 is 15.9 Å². The van der Waals surface area contributed by atoms with Crippen molar-refractivity contribution in [3.05, 3.63) is 64.1 Å². The van der Waals surface area contributed by atoms with E-state index in [-0.39, 0.29) is 5.75 Å². The predicted octanol–water partition coefficient (Wildman–Crippen LogP) is 3.86. The van der Waals surface area contributed by atoms with Gasteiger partial charge < -0.3 is 14.2 Å². The Morgan fingerprint density at radius 1 is 1.04 bits per heavy atom. The van der Waals surface area contributed by atoms with Crippen molar-refractivity contribution >= 4 is 33.9 Å². The third-order valence-corrected chi connectivity index (χ3v) is 3.79. The van der Waals surface area contributed by atoms with Gasteiger partial charge in [-0.2, -0.15) is 0 Å². The lowest BCUT2D eigenvalue weighted by atomic mass is 10.2. The number of hydrogen-bond donors (Lipinski definition) is 0. The molecule has 24 heavy (non-hydrogen) atoms. The third kappa shape index (κ3) is 4.45. The Labute approximate surface area is 148 Å². The Morgan fingerprint density at radius 2 is 1.79 bits per heavy atom. The molecule has 0 fully saturated rings. The van der Waals surface area contributed by atoms with Gasteiger partial charge in [0.25, 0.3) is 0 Å². The van der Waals surface area contributed by atoms with E-state index in [1.165, 1.54) is 20.3 Å². The summed E-state index contributed by atoms with van der Waals surface area (Å²) in [6.07, 6.45) is 2.87. The molecule has 0 aliphatic rings. The standard InChI is InChI=1S/C18H15BrO5/c1-22-16-11-12(8-10-17(20)23-2)7-9-15(16)24-18(21)13-5-3-4-6-14(13)19/h3-11H,1-2H3. The van der Waals surface area contributed by atoms with Gasteiger partial charge in [0, 0.05) is 10.5 Å². The number of ether oxygens (including phenoxy) is 3. The van der Waals surface area contributed by atoms with E-state index in [0.717, 1.165) is 0 Å². The Balaban J connectivity index is 2.22. The molecule has 0 N–H and O–H groups in total. The Hall–Kier alpha value is -2.60. The first-order valence-corrected chi connectivity index (χ1v) is 7.75. The zero-order chi connectivity index (χ0) is 17.5. The van der Waals surface area contributed by atoms with Gasteiger partial charge in [-0.25, -0.2) is 9.59 Å². The van der Waals surface area contributed by atoms with Crippen LogP contribution in [0.3, 0.4) is 0 Å². The smallest absolute Gasteiger partial charge is 0.344 e. The summed E-state index contributed by atoms with van der Waals surface area (Å²) in [5.74, 6) is -0.298. The van der Waals surface area contributed by atoms with Gasteiger partial charge in [-0.05, 0) is 51.8 Å². The maximum atomic E-state index is 12.3. The second kappa shape index (κ2) is 8.31. The van der Waals surface area contributed by atoms with Gasteiger partial charge in [0.1, 0.15) is 0 Å². The van der Waals surface area contributed by atoms with Crippen molar-refractivity contribution in [2.75, 3.05) is 14.2 Å². The number of esters is 2. The fourth-order valence-corrected chi connectivity index (χ4v) is 2.33. The Morgan fingerprint density at radius 3 is 2.46 bits per heavy atom. The molecule has 0 atom stereocenters. The maximum Gasteiger partial charge on any atom is 0.344 e. The van der Waals surface area contributed by atoms with Crippen molar-refractivity contribution in [3.8, 4) is 11.5 Å². The van der Waals surface area contributed by atoms with Gasteiger partial charge in [0.05, 0.1) is 19.8 Å². The summed E-state index contributed by atoms with van der Waals surface area (Å²) < 4.78 is 15.8. The summed E-state index contributed by atoms with van der Waals surface area (Å²) in [5.41, 5.74) is 1.12. The minimum atomic E-state index is -0.501. The van der Waals surface area contributed by atoms with Crippen molar-refractivity contribution in [1.82, 2.24) is 0 Å². The monoisotopic (exact) mass is 390 g/mol. The van der Waals surface area contributed by atoms with Gasteiger partial charge >= 0.3 is 11.9 Å². The van der Waals surface area contributed by atoms with Crippen LogP contribution in [0.15, 0.2) is 53.0 Å². The van der Waals surface area contributed by atoms with Gasteiger partial charge in [0.2, 0.25) is 0 Å². The molecule has 2 aromatic carbocycles. The third-order valence-electron chi connectivity index (χ3n) is 3.10. The maximum absolute atomic E-state index is 12.3. The summed E-state index contributed by atoms with van der Waals surface area (Å²) >= 11 is 3.31. The number of carbonyl (C=O) groups excluding carboxylic acids is 2. The van der Waals surface area contributed by atoms with Crippen LogP contribution < -0.4 is 9.47 Å². The molecule has 0 aromatic heterocycles. The van der Waals surface area contributed by atoms with Crippen molar-refractivity contribution in [2.24, 2.45) is 0 Å². The van der Waals surface area contributed by atoms with Crippen LogP contribution in [0.1, 0.15) is 15.9 Å². The predicted molar refractivity (Wildman–Crippen MR) is 93.1 cm³/mol. The molecule has 124 valence electrons. The van der Waals surface area contributed by atoms with Crippen LogP contribution in [0.4, 0.5) is 0 Å². The van der Waals surface area contributed by atoms with Crippen molar-refractivity contribution in [1.29, 1.82) is 0 Å². The van der Waals surface area contributed by atoms with Crippen molar-refractivity contribution < 1.29 is 23.8 Å². The van der Waals surface area contributed by atoms with Crippen molar-refractivity contribution in [3.63, 3.8) is 0 Å². The lowest BCUT2D eigenvalue weighted by molar-refractivity contribution is -0.134. The van der Waals surface area contributed by atoms with E-state index in [4.69, 9.17) is 9.47 Å². The average molecular weight is 391 g/mol. The molecule has 0 aliphatic carbocycles. The largest absolute Gasteiger partial charge is 0.493 e. The SMILES string of the molecule is COC(=O)C=Cc1ccc(OC(=O)c2ccccc2Br)c(OC)c1. The highest BCUT2D eigenvalue weighted by Crippen LogP contribution is 2.30. The lowest BCUT2D eigenvalue weighted by Crippen LogP contribution is -2.10. The average Bonchev–Trinajstić information content (AvgIpc) is 2.60. The minimum absolute atomic E-state index is 0.286. The molecule has 0 saturated carbocycles. The number of hydrogen-bond acceptors (Lipinski definition) is 5. The van der Waals surface area contributed by atoms with Crippen LogP contribution in [0, 0.1) is 0 Å². The quantitative estimate of drug-likeness (QED) is 0.440. The highest BCUT2D eigenvalue weighted by atomic mass is 79.9. The zero-order valence-corrected chi connectivity index (χ0v) is 14.7. The van der Waals surface area contributed by atoms with Crippen LogP contribution in [0.25, 0.3) is 6.08 Å². The first-order chi connectivity index (χ1) is 11.5. The van der Waals surface area contributed by atoms with Crippen LogP contribution in [0.5, 0.6) is 11.5 Å². The molecule has 5 nitrogen and oxygen atoms in total. The molecule has 0 aliphatic heterocycles. The molecule has 0 amide bonds. The van der Waals surface area contributed by atoms with Gasteiger partial charge in [0.15, 0.2) is 11.5 Å². The lowest BCUT2D eigenvalue weighted by Gasteiger charge is -2.10. The molecular weight excluding hydrogens is 376 g/mol. The molecule has 6 heteroatoms. The molecule has 0 heterocycles. The molecular formula is C18H15BrO5. The van der Waals surface area contributed by atoms with Gasteiger partial charge in [-0.3, -0.25) is 0 Å². The summed E-state index contributed by atoms with van der Waals surface area (Å²) in [5, 5.41) is 0. The minimum Gasteiger partial charge on any atom is -0.493 e. The fourth-order valence-electron chi connectivity index (χ4n) is 1.89. The first-order valence-electron chi connectivity index (χ1n) is 6.96. The molecule has 2 aromatic rings. The zero-order valence-electron chi connectivity index (χ0n) is 13.1. The van der Waals surface area contributed by atoms with Crippen LogP contribution in [0.2, 0.25) is 0 Å². The number of benzene rings is 2. The van der Waals surface area contributed by atoms with E-state index < -0.39 is 11.9 Å². The van der Waals surface area contributed by atoms with Crippen LogP contribution in [-0.2, 0) is 9.53 Å². The van der Waals surface area contributed by atoms with E-state index >= 15 is 0 Å². The van der Waals surface area contributed by atoms with Gasteiger partial charge in [-0.15, -0.1) is 0 Å². The Kier molecular flexibility index (Phi) is 6.14. The van der Waals surface area contributed by atoms with E-state index in [9.17, 15) is 9.59 Å². The topological polar surface area (TPSA) is 61.8 Å². The number of methoxy groups -OCH3 is 2. The fraction of sp³-hybridized carbons (Fsp3) is 0.111. The van der Waals surface area contributed by atoms with E-state index in [1.807, 2.05) is 6.07 Å². The normalized spacial score (nSPS) is 10.5. The number of halogens is 1. The molecule has 2 rings (SSSR count). The van der Waals surface area contributed by atoms with E-state index in [2.05, 4.69) is 20.7 Å². The first kappa shape index (κ1) is 17.7. The number of carbonyl (C=O) groups is 2. The second-order valence-corrected chi connectivity index (χ2v) is 5.49. The summed E-state index contributed by atoms with van der Waals surface area (Å²) in [6.45, 7) is 0. The second-order valence-electron chi connectivity index (χ2n) is 4.64. The highest BCUT2D eigenvalue weighted by Gasteiger charge is 2.15. The highest BCUT2D eigenvalue weighted by molar-refractivity contribution is 9.10. The van der Waals surface area contributed by atoms with Crippen molar-refractivity contribution in [2.45, 2.75) is 0 Å². The molecule has 0 spiro atoms. The molecule has 0 saturated heterocycles. The Bertz CT molecular complexity index is 783.